The molecule has 24 heavy (non-hydrogen) atoms. The maximum atomic E-state index is 12.2. The normalized spacial score (nSPS) is 20.2. The van der Waals surface area contributed by atoms with Gasteiger partial charge in [-0.2, -0.15) is 0 Å². The van der Waals surface area contributed by atoms with Crippen molar-refractivity contribution >= 4 is 23.5 Å². The molecule has 6 nitrogen and oxygen atoms in total. The van der Waals surface area contributed by atoms with Crippen LogP contribution in [0.15, 0.2) is 24.3 Å². The fourth-order valence-corrected chi connectivity index (χ4v) is 2.59. The van der Waals surface area contributed by atoms with Gasteiger partial charge in [0.15, 0.2) is 6.04 Å². The first-order valence-electron chi connectivity index (χ1n) is 7.99. The van der Waals surface area contributed by atoms with Gasteiger partial charge < -0.3 is 19.9 Å². The van der Waals surface area contributed by atoms with Crippen molar-refractivity contribution in [3.8, 4) is 0 Å². The fourth-order valence-electron chi connectivity index (χ4n) is 2.47. The van der Waals surface area contributed by atoms with Crippen molar-refractivity contribution in [2.24, 2.45) is 0 Å². The summed E-state index contributed by atoms with van der Waals surface area (Å²) >= 11 is 5.80. The molecule has 1 aromatic rings. The molecule has 1 amide bonds. The molecular formula is C17H22ClNO5. The zero-order valence-electron chi connectivity index (χ0n) is 13.5. The van der Waals surface area contributed by atoms with Crippen LogP contribution >= 0.6 is 11.6 Å². The Morgan fingerprint density at radius 1 is 1.38 bits per heavy atom. The van der Waals surface area contributed by atoms with Crippen LogP contribution in [-0.2, 0) is 19.1 Å². The van der Waals surface area contributed by atoms with E-state index in [9.17, 15) is 14.7 Å². The minimum absolute atomic E-state index is 0.000496. The summed E-state index contributed by atoms with van der Waals surface area (Å²) < 4.78 is 11.1. The van der Waals surface area contributed by atoms with Gasteiger partial charge in [0, 0.05) is 11.6 Å². The highest BCUT2D eigenvalue weighted by Gasteiger charge is 2.25. The van der Waals surface area contributed by atoms with E-state index in [1.54, 1.807) is 31.2 Å². The number of hydrogen-bond donors (Lipinski definition) is 2. The van der Waals surface area contributed by atoms with Crippen LogP contribution in [0.2, 0.25) is 5.02 Å². The van der Waals surface area contributed by atoms with Crippen LogP contribution < -0.4 is 5.32 Å². The fraction of sp³-hybridized carbons (Fsp3) is 0.529. The lowest BCUT2D eigenvalue weighted by Gasteiger charge is -2.24. The van der Waals surface area contributed by atoms with Crippen LogP contribution in [0.1, 0.15) is 37.8 Å². The molecule has 1 aliphatic rings. The minimum atomic E-state index is -1.15. The van der Waals surface area contributed by atoms with Gasteiger partial charge in [-0.15, -0.1) is 0 Å². The van der Waals surface area contributed by atoms with Crippen molar-refractivity contribution in [3.63, 3.8) is 0 Å². The van der Waals surface area contributed by atoms with Gasteiger partial charge in [-0.3, -0.25) is 4.79 Å². The van der Waals surface area contributed by atoms with E-state index < -0.39 is 24.0 Å². The van der Waals surface area contributed by atoms with E-state index in [4.69, 9.17) is 21.1 Å². The van der Waals surface area contributed by atoms with E-state index in [2.05, 4.69) is 5.32 Å². The second kappa shape index (κ2) is 9.01. The Labute approximate surface area is 146 Å². The molecule has 1 aliphatic heterocycles. The monoisotopic (exact) mass is 355 g/mol. The van der Waals surface area contributed by atoms with E-state index in [1.165, 1.54) is 0 Å². The Morgan fingerprint density at radius 2 is 2.08 bits per heavy atom. The first-order valence-corrected chi connectivity index (χ1v) is 8.37. The molecule has 132 valence electrons. The molecule has 1 saturated heterocycles. The van der Waals surface area contributed by atoms with E-state index in [-0.39, 0.29) is 6.10 Å². The van der Waals surface area contributed by atoms with Crippen LogP contribution in [0.25, 0.3) is 0 Å². The molecule has 1 fully saturated rings. The van der Waals surface area contributed by atoms with Gasteiger partial charge in [-0.25, -0.2) is 4.79 Å². The zero-order valence-corrected chi connectivity index (χ0v) is 14.3. The number of nitrogens with one attached hydrogen (secondary N) is 1. The third-order valence-corrected chi connectivity index (χ3v) is 4.16. The molecule has 0 spiro atoms. The smallest absolute Gasteiger partial charge is 0.330 e. The average Bonchev–Trinajstić information content (AvgIpc) is 2.59. The molecule has 0 saturated carbocycles. The van der Waals surface area contributed by atoms with Gasteiger partial charge >= 0.3 is 5.97 Å². The second-order valence-corrected chi connectivity index (χ2v) is 6.23. The number of halogens is 1. The van der Waals surface area contributed by atoms with E-state index in [1.807, 2.05) is 0 Å². The summed E-state index contributed by atoms with van der Waals surface area (Å²) in [6.07, 6.45) is 2.29. The molecule has 1 heterocycles. The Morgan fingerprint density at radius 3 is 2.67 bits per heavy atom. The van der Waals surface area contributed by atoms with Crippen molar-refractivity contribution < 1.29 is 24.2 Å². The maximum absolute atomic E-state index is 12.2. The maximum Gasteiger partial charge on any atom is 0.330 e. The Balaban J connectivity index is 1.89. The topological polar surface area (TPSA) is 84.9 Å². The number of carbonyl (C=O) groups is 2. The lowest BCUT2D eigenvalue weighted by atomic mass is 10.1. The van der Waals surface area contributed by atoms with E-state index in [0.29, 0.717) is 23.8 Å². The van der Waals surface area contributed by atoms with E-state index >= 15 is 0 Å². The van der Waals surface area contributed by atoms with Crippen LogP contribution in [0.4, 0.5) is 0 Å². The molecule has 2 rings (SSSR count). The number of carbonyl (C=O) groups excluding carboxylic acids is 1. The number of carboxylic acids is 1. The molecule has 1 aromatic carbocycles. The summed E-state index contributed by atoms with van der Waals surface area (Å²) in [4.78, 5) is 23.6. The molecule has 3 atom stereocenters. The summed E-state index contributed by atoms with van der Waals surface area (Å²) in [6.45, 7) is 2.64. The highest BCUT2D eigenvalue weighted by molar-refractivity contribution is 6.30. The van der Waals surface area contributed by atoms with Gasteiger partial charge in [0.1, 0.15) is 6.10 Å². The molecule has 0 aromatic heterocycles. The first kappa shape index (κ1) is 18.7. The predicted octanol–water partition coefficient (Wildman–Crippen LogP) is 2.56. The van der Waals surface area contributed by atoms with Crippen LogP contribution in [0.3, 0.4) is 0 Å². The summed E-state index contributed by atoms with van der Waals surface area (Å²) in [5.74, 6) is -1.62. The average molecular weight is 356 g/mol. The number of benzene rings is 1. The second-order valence-electron chi connectivity index (χ2n) is 5.80. The molecule has 2 N–H and O–H groups in total. The summed E-state index contributed by atoms with van der Waals surface area (Å²) in [5.41, 5.74) is 0.447. The van der Waals surface area contributed by atoms with Crippen LogP contribution in [-0.4, -0.2) is 42.4 Å². The lowest BCUT2D eigenvalue weighted by Crippen LogP contribution is -2.41. The highest BCUT2D eigenvalue weighted by Crippen LogP contribution is 2.18. The number of hydrogen-bond acceptors (Lipinski definition) is 4. The summed E-state index contributed by atoms with van der Waals surface area (Å²) in [6, 6.07) is 5.16. The van der Waals surface area contributed by atoms with Gasteiger partial charge in [0.2, 0.25) is 5.91 Å². The van der Waals surface area contributed by atoms with E-state index in [0.717, 1.165) is 19.3 Å². The summed E-state index contributed by atoms with van der Waals surface area (Å²) in [5, 5.41) is 12.3. The SMILES string of the molecule is CC(OCC1CCCCO1)C(=O)NC(C(=O)O)c1ccc(Cl)cc1. The van der Waals surface area contributed by atoms with Crippen molar-refractivity contribution in [2.75, 3.05) is 13.2 Å². The number of rotatable bonds is 7. The van der Waals surface area contributed by atoms with Gasteiger partial charge in [0.05, 0.1) is 12.7 Å². The third-order valence-electron chi connectivity index (χ3n) is 3.91. The lowest BCUT2D eigenvalue weighted by molar-refractivity contribution is -0.145. The van der Waals surface area contributed by atoms with Crippen LogP contribution in [0.5, 0.6) is 0 Å². The number of aliphatic carboxylic acids is 1. The Bertz CT molecular complexity index is 557. The number of ether oxygens (including phenoxy) is 2. The number of carboxylic acid groups (broad SMARTS) is 1. The third kappa shape index (κ3) is 5.47. The molecule has 3 unspecified atom stereocenters. The minimum Gasteiger partial charge on any atom is -0.479 e. The molecule has 7 heteroatoms. The first-order chi connectivity index (χ1) is 11.5. The van der Waals surface area contributed by atoms with Crippen molar-refractivity contribution in [3.05, 3.63) is 34.9 Å². The summed E-state index contributed by atoms with van der Waals surface area (Å²) in [7, 11) is 0. The van der Waals surface area contributed by atoms with Crippen molar-refractivity contribution in [1.29, 1.82) is 0 Å². The van der Waals surface area contributed by atoms with Crippen molar-refractivity contribution in [1.82, 2.24) is 5.32 Å². The molecule has 0 bridgehead atoms. The van der Waals surface area contributed by atoms with Gasteiger partial charge in [-0.1, -0.05) is 23.7 Å². The predicted molar refractivity (Wildman–Crippen MR) is 89.0 cm³/mol. The Hall–Kier alpha value is -1.63. The van der Waals surface area contributed by atoms with Crippen LogP contribution in [0, 0.1) is 0 Å². The highest BCUT2D eigenvalue weighted by atomic mass is 35.5. The van der Waals surface area contributed by atoms with Gasteiger partial charge in [0.25, 0.3) is 0 Å². The van der Waals surface area contributed by atoms with Crippen molar-refractivity contribution in [2.45, 2.75) is 44.4 Å². The molecule has 0 aliphatic carbocycles. The molecule has 0 radical (unpaired) electrons. The number of amides is 1. The quantitative estimate of drug-likeness (QED) is 0.785. The molecular weight excluding hydrogens is 334 g/mol. The van der Waals surface area contributed by atoms with Gasteiger partial charge in [-0.05, 0) is 43.9 Å². The largest absolute Gasteiger partial charge is 0.479 e. The zero-order chi connectivity index (χ0) is 17.5. The Kier molecular flexibility index (Phi) is 7.02. The standard InChI is InChI=1S/C17H22ClNO5/c1-11(24-10-14-4-2-3-9-23-14)16(20)19-15(17(21)22)12-5-7-13(18)8-6-12/h5-8,11,14-15H,2-4,9-10H2,1H3,(H,19,20)(H,21,22).